The topological polar surface area (TPSA) is 20.2 Å². The van der Waals surface area contributed by atoms with E-state index < -0.39 is 0 Å². The molecule has 4 aromatic rings. The minimum atomic E-state index is 0.353. The summed E-state index contributed by atoms with van der Waals surface area (Å²) < 4.78 is 0. The molecule has 0 saturated carbocycles. The number of rotatable bonds is 12. The summed E-state index contributed by atoms with van der Waals surface area (Å²) in [6.07, 6.45) is 14.1. The lowest BCUT2D eigenvalue weighted by molar-refractivity contribution is 0.282. The summed E-state index contributed by atoms with van der Waals surface area (Å²) >= 11 is 0. The fourth-order valence-electron chi connectivity index (χ4n) is 4.86. The summed E-state index contributed by atoms with van der Waals surface area (Å²) in [4.78, 5) is 0. The zero-order chi connectivity index (χ0) is 19.9. The van der Waals surface area contributed by atoms with Crippen molar-refractivity contribution in [1.82, 2.24) is 0 Å². The van der Waals surface area contributed by atoms with Crippen LogP contribution >= 0.6 is 0 Å². The maximum absolute atomic E-state index is 8.80. The van der Waals surface area contributed by atoms with Crippen molar-refractivity contribution in [2.45, 2.75) is 70.6 Å². The van der Waals surface area contributed by atoms with E-state index >= 15 is 0 Å². The summed E-state index contributed by atoms with van der Waals surface area (Å²) in [5, 5.41) is 17.2. The Kier molecular flexibility index (Phi) is 7.00. The van der Waals surface area contributed by atoms with E-state index in [0.717, 1.165) is 6.42 Å². The number of hydrogen-bond donors (Lipinski definition) is 1. The van der Waals surface area contributed by atoms with Gasteiger partial charge in [0.25, 0.3) is 0 Å². The first-order valence-corrected chi connectivity index (χ1v) is 11.6. The monoisotopic (exact) mass is 386 g/mol. The molecule has 1 N–H and O–H groups in total. The van der Waals surface area contributed by atoms with Crippen LogP contribution in [0.3, 0.4) is 0 Å². The summed E-state index contributed by atoms with van der Waals surface area (Å²) in [6.45, 7) is 0.353. The molecule has 0 heterocycles. The molecule has 0 spiro atoms. The molecule has 0 aliphatic heterocycles. The largest absolute Gasteiger partial charge is 0.396 e. The van der Waals surface area contributed by atoms with Gasteiger partial charge in [-0.15, -0.1) is 0 Å². The van der Waals surface area contributed by atoms with Gasteiger partial charge in [0, 0.05) is 6.61 Å². The summed E-state index contributed by atoms with van der Waals surface area (Å²) in [7, 11) is 0. The van der Waals surface area contributed by atoms with Crippen molar-refractivity contribution in [2.24, 2.45) is 0 Å². The molecule has 152 valence electrons. The predicted octanol–water partition coefficient (Wildman–Crippen LogP) is 8.02. The van der Waals surface area contributed by atoms with E-state index in [4.69, 9.17) is 5.11 Å². The first-order valence-electron chi connectivity index (χ1n) is 11.6. The minimum absolute atomic E-state index is 0.353. The third-order valence-corrected chi connectivity index (χ3v) is 6.47. The van der Waals surface area contributed by atoms with Crippen molar-refractivity contribution >= 4 is 32.3 Å². The molecule has 0 aromatic heterocycles. The lowest BCUT2D eigenvalue weighted by Gasteiger charge is -2.14. The Morgan fingerprint density at radius 2 is 1.00 bits per heavy atom. The van der Waals surface area contributed by atoms with Crippen molar-refractivity contribution < 1.29 is 5.11 Å². The Bertz CT molecular complexity index is 1020. The van der Waals surface area contributed by atoms with E-state index in [1.165, 1.54) is 102 Å². The average molecular weight is 387 g/mol. The van der Waals surface area contributed by atoms with E-state index in [1.54, 1.807) is 0 Å². The van der Waals surface area contributed by atoms with Gasteiger partial charge in [0.05, 0.1) is 0 Å². The summed E-state index contributed by atoms with van der Waals surface area (Å²) in [5.74, 6) is 0. The van der Waals surface area contributed by atoms with Gasteiger partial charge in [0.1, 0.15) is 0 Å². The van der Waals surface area contributed by atoms with Gasteiger partial charge in [-0.2, -0.15) is 0 Å². The highest BCUT2D eigenvalue weighted by Crippen LogP contribution is 2.36. The van der Waals surface area contributed by atoms with E-state index in [9.17, 15) is 0 Å². The van der Waals surface area contributed by atoms with Gasteiger partial charge in [0.2, 0.25) is 0 Å². The second-order valence-electron chi connectivity index (χ2n) is 8.59. The van der Waals surface area contributed by atoms with Crippen molar-refractivity contribution in [1.29, 1.82) is 0 Å². The fraction of sp³-hybridized carbons (Fsp3) is 0.429. The van der Waals surface area contributed by atoms with Gasteiger partial charge in [-0.3, -0.25) is 0 Å². The Morgan fingerprint density at radius 1 is 0.483 bits per heavy atom. The molecule has 0 radical (unpaired) electrons. The Morgan fingerprint density at radius 3 is 1.66 bits per heavy atom. The second-order valence-corrected chi connectivity index (χ2v) is 8.59. The van der Waals surface area contributed by atoms with Gasteiger partial charge >= 0.3 is 0 Å². The molecular weight excluding hydrogens is 352 g/mol. The first-order chi connectivity index (χ1) is 14.4. The van der Waals surface area contributed by atoms with Gasteiger partial charge in [-0.05, 0) is 57.1 Å². The molecule has 0 atom stereocenters. The molecule has 29 heavy (non-hydrogen) atoms. The van der Waals surface area contributed by atoms with Gasteiger partial charge in [0.15, 0.2) is 0 Å². The molecule has 4 rings (SSSR count). The molecule has 0 aliphatic rings. The molecule has 1 nitrogen and oxygen atoms in total. The van der Waals surface area contributed by atoms with E-state index in [0.29, 0.717) is 6.61 Å². The van der Waals surface area contributed by atoms with Gasteiger partial charge < -0.3 is 5.11 Å². The molecule has 0 bridgehead atoms. The highest BCUT2D eigenvalue weighted by Gasteiger charge is 2.10. The third-order valence-electron chi connectivity index (χ3n) is 6.47. The van der Waals surface area contributed by atoms with E-state index in [-0.39, 0.29) is 0 Å². The predicted molar refractivity (Wildman–Crippen MR) is 127 cm³/mol. The number of benzene rings is 4. The molecule has 0 amide bonds. The quantitative estimate of drug-likeness (QED) is 0.193. The summed E-state index contributed by atoms with van der Waals surface area (Å²) in [6, 6.07) is 20.5. The highest BCUT2D eigenvalue weighted by atomic mass is 16.2. The SMILES string of the molecule is OCCCCCCCCCCCCc1ccc2ccc3cccc4ccc1c2c34. The number of hydrogen-bond acceptors (Lipinski definition) is 1. The molecule has 0 fully saturated rings. The lowest BCUT2D eigenvalue weighted by atomic mass is 9.90. The molecule has 4 aromatic carbocycles. The number of aryl methyl sites for hydroxylation is 1. The van der Waals surface area contributed by atoms with Crippen LogP contribution in [0.4, 0.5) is 0 Å². The van der Waals surface area contributed by atoms with Gasteiger partial charge in [-0.1, -0.05) is 106 Å². The van der Waals surface area contributed by atoms with Crippen LogP contribution in [0.5, 0.6) is 0 Å². The Hall–Kier alpha value is -2.12. The zero-order valence-electron chi connectivity index (χ0n) is 17.6. The molecule has 0 unspecified atom stereocenters. The molecular formula is C28H34O. The maximum atomic E-state index is 8.80. The van der Waals surface area contributed by atoms with Crippen LogP contribution in [-0.2, 0) is 6.42 Å². The van der Waals surface area contributed by atoms with Crippen molar-refractivity contribution in [3.63, 3.8) is 0 Å². The van der Waals surface area contributed by atoms with Gasteiger partial charge in [-0.25, -0.2) is 0 Å². The van der Waals surface area contributed by atoms with Crippen LogP contribution in [0.2, 0.25) is 0 Å². The summed E-state index contributed by atoms with van der Waals surface area (Å²) in [5.41, 5.74) is 1.51. The highest BCUT2D eigenvalue weighted by molar-refractivity contribution is 6.23. The standard InChI is InChI=1S/C28H34O/c29-21-10-8-6-4-2-1-3-5-7-9-12-22-15-16-25-18-17-23-13-11-14-24-19-20-26(22)28(25)27(23)24/h11,13-20,29H,1-10,12,21H2. The smallest absolute Gasteiger partial charge is 0.0431 e. The fourth-order valence-corrected chi connectivity index (χ4v) is 4.86. The van der Waals surface area contributed by atoms with E-state index in [2.05, 4.69) is 54.6 Å². The number of aliphatic hydroxyl groups is 1. The maximum Gasteiger partial charge on any atom is 0.0431 e. The van der Waals surface area contributed by atoms with E-state index in [1.807, 2.05) is 0 Å². The van der Waals surface area contributed by atoms with Crippen LogP contribution < -0.4 is 0 Å². The van der Waals surface area contributed by atoms with Crippen molar-refractivity contribution in [2.75, 3.05) is 6.61 Å². The third kappa shape index (κ3) is 4.73. The second kappa shape index (κ2) is 10.1. The molecule has 0 saturated heterocycles. The average Bonchev–Trinajstić information content (AvgIpc) is 2.76. The molecule has 0 aliphatic carbocycles. The number of aliphatic hydroxyl groups excluding tert-OH is 1. The van der Waals surface area contributed by atoms with Crippen LogP contribution in [0.15, 0.2) is 54.6 Å². The molecule has 1 heteroatoms. The van der Waals surface area contributed by atoms with Crippen LogP contribution in [0, 0.1) is 0 Å². The first kappa shape index (κ1) is 20.2. The lowest BCUT2D eigenvalue weighted by Crippen LogP contribution is -1.91. The van der Waals surface area contributed by atoms with Crippen molar-refractivity contribution in [3.8, 4) is 0 Å². The van der Waals surface area contributed by atoms with Crippen molar-refractivity contribution in [3.05, 3.63) is 60.2 Å². The Balaban J connectivity index is 1.30. The minimum Gasteiger partial charge on any atom is -0.396 e. The van der Waals surface area contributed by atoms with Crippen LogP contribution in [-0.4, -0.2) is 11.7 Å². The zero-order valence-corrected chi connectivity index (χ0v) is 17.6. The number of unbranched alkanes of at least 4 members (excludes halogenated alkanes) is 9. The van der Waals surface area contributed by atoms with Crippen LogP contribution in [0.25, 0.3) is 32.3 Å². The normalized spacial score (nSPS) is 11.9. The van der Waals surface area contributed by atoms with Crippen LogP contribution in [0.1, 0.15) is 69.8 Å². The Labute approximate surface area is 175 Å².